The standard InChI is InChI=1S/C20H32N2O2S/c1-3-5-6-7-11-22-14-18-19(15-22)20(18,4-2)17-10-8-9-16(12-17)13-21-25(23)24/h8-10,12,18-19,21H,3-7,11,13-15H2,1-2H3,(H,23,24). The van der Waals surface area contributed by atoms with E-state index < -0.39 is 11.3 Å². The van der Waals surface area contributed by atoms with Crippen LogP contribution in [-0.4, -0.2) is 33.3 Å². The van der Waals surface area contributed by atoms with Crippen LogP contribution in [0.15, 0.2) is 24.3 Å². The highest BCUT2D eigenvalue weighted by Gasteiger charge is 2.67. The third-order valence-corrected chi connectivity index (χ3v) is 6.78. The summed E-state index contributed by atoms with van der Waals surface area (Å²) in [5.41, 5.74) is 2.86. The summed E-state index contributed by atoms with van der Waals surface area (Å²) in [6, 6.07) is 8.63. The Bertz CT molecular complexity index is 595. The van der Waals surface area contributed by atoms with Crippen molar-refractivity contribution >= 4 is 11.3 Å². The van der Waals surface area contributed by atoms with Gasteiger partial charge in [0.15, 0.2) is 0 Å². The average molecular weight is 365 g/mol. The van der Waals surface area contributed by atoms with E-state index in [1.54, 1.807) is 0 Å². The van der Waals surface area contributed by atoms with Gasteiger partial charge in [-0.3, -0.25) is 4.55 Å². The number of nitrogens with zero attached hydrogens (tertiary/aromatic N) is 1. The Kier molecular flexibility index (Phi) is 6.31. The number of unbranched alkanes of at least 4 members (excludes halogenated alkanes) is 3. The number of rotatable bonds is 10. The van der Waals surface area contributed by atoms with Crippen molar-refractivity contribution in [3.05, 3.63) is 35.4 Å². The molecule has 5 heteroatoms. The lowest BCUT2D eigenvalue weighted by Gasteiger charge is -2.27. The van der Waals surface area contributed by atoms with Crippen molar-refractivity contribution in [1.29, 1.82) is 0 Å². The van der Waals surface area contributed by atoms with Crippen molar-refractivity contribution in [2.75, 3.05) is 19.6 Å². The zero-order valence-electron chi connectivity index (χ0n) is 15.5. The molecular formula is C20H32N2O2S. The van der Waals surface area contributed by atoms with Gasteiger partial charge in [0.2, 0.25) is 11.3 Å². The van der Waals surface area contributed by atoms with Gasteiger partial charge in [0, 0.05) is 25.0 Å². The highest BCUT2D eigenvalue weighted by molar-refractivity contribution is 7.77. The molecule has 2 aliphatic rings. The molecule has 1 aromatic carbocycles. The minimum atomic E-state index is -1.95. The Morgan fingerprint density at radius 2 is 2.00 bits per heavy atom. The second kappa shape index (κ2) is 8.30. The van der Waals surface area contributed by atoms with Crippen LogP contribution in [0.3, 0.4) is 0 Å². The molecule has 0 bridgehead atoms. The zero-order valence-corrected chi connectivity index (χ0v) is 16.4. The minimum Gasteiger partial charge on any atom is -0.303 e. The molecule has 3 atom stereocenters. The molecule has 2 N–H and O–H groups in total. The van der Waals surface area contributed by atoms with Gasteiger partial charge in [-0.1, -0.05) is 57.4 Å². The molecule has 3 unspecified atom stereocenters. The van der Waals surface area contributed by atoms with E-state index in [9.17, 15) is 4.21 Å². The van der Waals surface area contributed by atoms with Crippen molar-refractivity contribution in [2.45, 2.75) is 57.9 Å². The van der Waals surface area contributed by atoms with Gasteiger partial charge in [-0.25, -0.2) is 8.93 Å². The summed E-state index contributed by atoms with van der Waals surface area (Å²) < 4.78 is 22.4. The predicted molar refractivity (Wildman–Crippen MR) is 104 cm³/mol. The summed E-state index contributed by atoms with van der Waals surface area (Å²) in [7, 11) is 0. The number of likely N-dealkylation sites (tertiary alicyclic amines) is 1. The van der Waals surface area contributed by atoms with Crippen LogP contribution < -0.4 is 4.72 Å². The number of hydrogen-bond donors (Lipinski definition) is 2. The summed E-state index contributed by atoms with van der Waals surface area (Å²) >= 11 is -1.95. The monoisotopic (exact) mass is 364 g/mol. The summed E-state index contributed by atoms with van der Waals surface area (Å²) in [4.78, 5) is 2.67. The molecule has 1 aliphatic carbocycles. The van der Waals surface area contributed by atoms with Crippen molar-refractivity contribution < 1.29 is 8.76 Å². The lowest BCUT2D eigenvalue weighted by atomic mass is 9.86. The second-order valence-electron chi connectivity index (χ2n) is 7.70. The molecule has 0 radical (unpaired) electrons. The van der Waals surface area contributed by atoms with Crippen LogP contribution in [-0.2, 0) is 23.2 Å². The summed E-state index contributed by atoms with van der Waals surface area (Å²) in [5, 5.41) is 0. The largest absolute Gasteiger partial charge is 0.303 e. The molecule has 4 nitrogen and oxygen atoms in total. The van der Waals surface area contributed by atoms with Crippen LogP contribution in [0.2, 0.25) is 0 Å². The summed E-state index contributed by atoms with van der Waals surface area (Å²) in [6.45, 7) is 8.77. The van der Waals surface area contributed by atoms with Gasteiger partial charge >= 0.3 is 0 Å². The van der Waals surface area contributed by atoms with Crippen LogP contribution in [0, 0.1) is 11.8 Å². The Morgan fingerprint density at radius 3 is 2.64 bits per heavy atom. The molecule has 3 rings (SSSR count). The fourth-order valence-electron chi connectivity index (χ4n) is 5.03. The highest BCUT2D eigenvalue weighted by Crippen LogP contribution is 2.65. The van der Waals surface area contributed by atoms with E-state index >= 15 is 0 Å². The van der Waals surface area contributed by atoms with Crippen LogP contribution in [0.4, 0.5) is 0 Å². The molecule has 0 spiro atoms. The number of hydrogen-bond acceptors (Lipinski definition) is 2. The van der Waals surface area contributed by atoms with Gasteiger partial charge in [-0.05, 0) is 42.3 Å². The number of benzene rings is 1. The Labute approximate surface area is 154 Å². The fourth-order valence-corrected chi connectivity index (χ4v) is 5.32. The zero-order chi connectivity index (χ0) is 17.9. The van der Waals surface area contributed by atoms with Crippen molar-refractivity contribution in [1.82, 2.24) is 9.62 Å². The lowest BCUT2D eigenvalue weighted by molar-refractivity contribution is 0.263. The van der Waals surface area contributed by atoms with E-state index in [0.717, 1.165) is 17.4 Å². The maximum Gasteiger partial charge on any atom is 0.232 e. The quantitative estimate of drug-likeness (QED) is 0.492. The summed E-state index contributed by atoms with van der Waals surface area (Å²) in [5.74, 6) is 1.58. The second-order valence-corrected chi connectivity index (χ2v) is 8.48. The number of piperidine rings is 1. The highest BCUT2D eigenvalue weighted by atomic mass is 32.2. The topological polar surface area (TPSA) is 52.6 Å². The van der Waals surface area contributed by atoms with Gasteiger partial charge < -0.3 is 4.90 Å². The molecule has 1 heterocycles. The van der Waals surface area contributed by atoms with Gasteiger partial charge in [-0.15, -0.1) is 0 Å². The normalized spacial score (nSPS) is 29.6. The molecule has 1 saturated heterocycles. The van der Waals surface area contributed by atoms with E-state index in [1.807, 2.05) is 6.07 Å². The van der Waals surface area contributed by atoms with Gasteiger partial charge in [0.05, 0.1) is 0 Å². The predicted octanol–water partition coefficient (Wildman–Crippen LogP) is 3.70. The first-order valence-electron chi connectivity index (χ1n) is 9.78. The van der Waals surface area contributed by atoms with E-state index in [0.29, 0.717) is 12.0 Å². The van der Waals surface area contributed by atoms with E-state index in [2.05, 4.69) is 41.7 Å². The maximum absolute atomic E-state index is 10.8. The SMILES string of the molecule is CCCCCCN1CC2C(C1)C2(CC)c1cccc(CNS(=O)O)c1. The third-order valence-electron chi connectivity index (χ3n) is 6.39. The van der Waals surface area contributed by atoms with Crippen molar-refractivity contribution in [2.24, 2.45) is 11.8 Å². The molecule has 0 aromatic heterocycles. The van der Waals surface area contributed by atoms with Gasteiger partial charge in [0.1, 0.15) is 0 Å². The van der Waals surface area contributed by atoms with Crippen molar-refractivity contribution in [3.63, 3.8) is 0 Å². The molecule has 140 valence electrons. The Balaban J connectivity index is 1.59. The molecule has 1 aromatic rings. The smallest absolute Gasteiger partial charge is 0.232 e. The molecule has 1 aliphatic heterocycles. The fraction of sp³-hybridized carbons (Fsp3) is 0.700. The van der Waals surface area contributed by atoms with Crippen LogP contribution >= 0.6 is 0 Å². The minimum absolute atomic E-state index is 0.342. The Morgan fingerprint density at radius 1 is 1.24 bits per heavy atom. The third kappa shape index (κ3) is 4.00. The molecular weight excluding hydrogens is 332 g/mol. The van der Waals surface area contributed by atoms with Crippen LogP contribution in [0.5, 0.6) is 0 Å². The molecule has 0 amide bonds. The molecule has 25 heavy (non-hydrogen) atoms. The summed E-state index contributed by atoms with van der Waals surface area (Å²) in [6.07, 6.45) is 6.56. The first kappa shape index (κ1) is 19.0. The van der Waals surface area contributed by atoms with Gasteiger partial charge in [0.25, 0.3) is 0 Å². The van der Waals surface area contributed by atoms with E-state index in [4.69, 9.17) is 4.55 Å². The molecule has 1 saturated carbocycles. The van der Waals surface area contributed by atoms with E-state index in [1.165, 1.54) is 57.3 Å². The molecule has 2 fully saturated rings. The average Bonchev–Trinajstić information content (AvgIpc) is 3.00. The van der Waals surface area contributed by atoms with Crippen molar-refractivity contribution in [3.8, 4) is 0 Å². The van der Waals surface area contributed by atoms with Crippen LogP contribution in [0.1, 0.15) is 57.1 Å². The maximum atomic E-state index is 10.8. The number of nitrogens with one attached hydrogen (secondary N) is 1. The Hall–Kier alpha value is -0.750. The first-order chi connectivity index (χ1) is 12.1. The lowest BCUT2D eigenvalue weighted by Crippen LogP contribution is -2.31. The van der Waals surface area contributed by atoms with Gasteiger partial charge in [-0.2, -0.15) is 0 Å². The van der Waals surface area contributed by atoms with Crippen LogP contribution in [0.25, 0.3) is 0 Å². The van der Waals surface area contributed by atoms with E-state index in [-0.39, 0.29) is 0 Å². The number of fused-ring (bicyclic) bond motifs is 1. The first-order valence-corrected chi connectivity index (χ1v) is 10.9.